The van der Waals surface area contributed by atoms with Crippen LogP contribution in [0.25, 0.3) is 0 Å². The molecule has 25 heavy (non-hydrogen) atoms. The van der Waals surface area contributed by atoms with E-state index in [-0.39, 0.29) is 10.8 Å². The van der Waals surface area contributed by atoms with Crippen LogP contribution in [0.4, 0.5) is 0 Å². The maximum atomic E-state index is 12.3. The molecule has 4 saturated carbocycles. The van der Waals surface area contributed by atoms with Gasteiger partial charge in [0.25, 0.3) is 0 Å². The highest BCUT2D eigenvalue weighted by atomic mass is 32.2. The molecule has 0 spiro atoms. The molecule has 0 aromatic heterocycles. The number of rotatable bonds is 1. The summed E-state index contributed by atoms with van der Waals surface area (Å²) in [5.74, 6) is 4.92. The van der Waals surface area contributed by atoms with Crippen molar-refractivity contribution < 1.29 is 9.59 Å². The molecule has 0 N–H and O–H groups in total. The Kier molecular flexibility index (Phi) is 3.46. The molecule has 1 heterocycles. The minimum atomic E-state index is 0.250. The topological polar surface area (TPSA) is 34.1 Å². The Labute approximate surface area is 156 Å². The number of fused-ring (bicyclic) bond motifs is 3. The average Bonchev–Trinajstić information content (AvgIpc) is 2.97. The van der Waals surface area contributed by atoms with Crippen molar-refractivity contribution in [1.82, 2.24) is 0 Å². The first-order valence-electron chi connectivity index (χ1n) is 10.5. The Bertz CT molecular complexity index is 644. The Balaban J connectivity index is 1.53. The molecule has 5 rings (SSSR count). The van der Waals surface area contributed by atoms with Gasteiger partial charge in [0.15, 0.2) is 0 Å². The smallest absolute Gasteiger partial charge is 0.133 e. The molecule has 0 aromatic rings. The highest BCUT2D eigenvalue weighted by Crippen LogP contribution is 2.75. The summed E-state index contributed by atoms with van der Waals surface area (Å²) in [5, 5.41) is 0.678. The highest BCUT2D eigenvalue weighted by Gasteiger charge is 2.70. The number of ketones is 2. The third kappa shape index (κ3) is 1.89. The van der Waals surface area contributed by atoms with Crippen molar-refractivity contribution in [2.75, 3.05) is 5.75 Å². The maximum absolute atomic E-state index is 12.3. The fourth-order valence-corrected chi connectivity index (χ4v) is 10.9. The summed E-state index contributed by atoms with van der Waals surface area (Å²) < 4.78 is 0. The number of Topliss-reactive ketones (excluding diaryl/α,β-unsaturated/α-hetero) is 2. The van der Waals surface area contributed by atoms with Crippen LogP contribution in [-0.2, 0) is 9.59 Å². The van der Waals surface area contributed by atoms with Crippen molar-refractivity contribution in [3.63, 3.8) is 0 Å². The second-order valence-corrected chi connectivity index (χ2v) is 11.7. The van der Waals surface area contributed by atoms with Crippen LogP contribution in [0, 0.1) is 39.9 Å². The second-order valence-electron chi connectivity index (χ2n) is 10.5. The summed E-state index contributed by atoms with van der Waals surface area (Å²) in [6.45, 7) is 6.73. The highest BCUT2D eigenvalue weighted by molar-refractivity contribution is 8.00. The molecule has 8 atom stereocenters. The summed E-state index contributed by atoms with van der Waals surface area (Å²) in [6.07, 6.45) is 9.06. The van der Waals surface area contributed by atoms with Crippen molar-refractivity contribution in [3.8, 4) is 0 Å². The normalized spacial score (nSPS) is 56.9. The van der Waals surface area contributed by atoms with Crippen LogP contribution in [0.1, 0.15) is 72.1 Å². The van der Waals surface area contributed by atoms with Crippen LogP contribution in [-0.4, -0.2) is 22.6 Å². The van der Waals surface area contributed by atoms with E-state index in [1.54, 1.807) is 0 Å². The second kappa shape index (κ2) is 5.14. The van der Waals surface area contributed by atoms with Gasteiger partial charge in [-0.25, -0.2) is 0 Å². The van der Waals surface area contributed by atoms with E-state index in [4.69, 9.17) is 0 Å². The van der Waals surface area contributed by atoms with Gasteiger partial charge in [0.1, 0.15) is 11.6 Å². The Morgan fingerprint density at radius 2 is 1.92 bits per heavy atom. The fourth-order valence-electron chi connectivity index (χ4n) is 8.69. The molecule has 138 valence electrons. The van der Waals surface area contributed by atoms with Crippen LogP contribution in [0.5, 0.6) is 0 Å². The van der Waals surface area contributed by atoms with Gasteiger partial charge in [-0.3, -0.25) is 9.59 Å². The van der Waals surface area contributed by atoms with Gasteiger partial charge in [-0.2, -0.15) is 11.8 Å². The predicted molar refractivity (Wildman–Crippen MR) is 101 cm³/mol. The van der Waals surface area contributed by atoms with Gasteiger partial charge >= 0.3 is 0 Å². The van der Waals surface area contributed by atoms with Gasteiger partial charge in [-0.05, 0) is 79.4 Å². The van der Waals surface area contributed by atoms with E-state index in [0.29, 0.717) is 28.1 Å². The van der Waals surface area contributed by atoms with E-state index in [1.165, 1.54) is 31.4 Å². The van der Waals surface area contributed by atoms with Gasteiger partial charge in [-0.15, -0.1) is 0 Å². The molecule has 0 aromatic carbocycles. The van der Waals surface area contributed by atoms with E-state index in [9.17, 15) is 9.59 Å². The largest absolute Gasteiger partial charge is 0.300 e. The third-order valence-electron chi connectivity index (χ3n) is 9.93. The minimum Gasteiger partial charge on any atom is -0.300 e. The van der Waals surface area contributed by atoms with E-state index in [2.05, 4.69) is 25.6 Å². The van der Waals surface area contributed by atoms with Gasteiger partial charge in [0, 0.05) is 29.8 Å². The van der Waals surface area contributed by atoms with Crippen molar-refractivity contribution in [3.05, 3.63) is 0 Å². The average molecular weight is 361 g/mol. The van der Waals surface area contributed by atoms with Gasteiger partial charge in [0.2, 0.25) is 0 Å². The van der Waals surface area contributed by atoms with E-state index in [1.807, 2.05) is 6.92 Å². The SMILES string of the molecule is CC(=O)C1CCC2C3CC4SCC5(CCC(=O)C[C@]45C)C3CCC12C. The van der Waals surface area contributed by atoms with Gasteiger partial charge in [0.05, 0.1) is 0 Å². The molecule has 1 saturated heterocycles. The van der Waals surface area contributed by atoms with Gasteiger partial charge < -0.3 is 0 Å². The number of carbonyl (C=O) groups excluding carboxylic acids is 2. The summed E-state index contributed by atoms with van der Waals surface area (Å²) in [4.78, 5) is 24.6. The molecule has 2 bridgehead atoms. The number of hydrogen-bond acceptors (Lipinski definition) is 3. The van der Waals surface area contributed by atoms with E-state index in [0.717, 1.165) is 43.4 Å². The molecular weight excluding hydrogens is 328 g/mol. The standard InChI is InChI=1S/C22H32O2S/c1-13(23)16-4-5-17-15-10-19-21(3)11-14(24)6-9-22(21,12-25-19)18(15)7-8-20(16,17)2/h15-19H,4-12H2,1-3H3/t15?,16?,17?,18?,19?,20?,21-,22?/m1/s1. The first-order chi connectivity index (χ1) is 11.8. The fraction of sp³-hybridized carbons (Fsp3) is 0.909. The minimum absolute atomic E-state index is 0.250. The Morgan fingerprint density at radius 1 is 1.12 bits per heavy atom. The number of thioether (sulfide) groups is 1. The lowest BCUT2D eigenvalue weighted by Crippen LogP contribution is -2.60. The zero-order valence-electron chi connectivity index (χ0n) is 16.0. The monoisotopic (exact) mass is 360 g/mol. The van der Waals surface area contributed by atoms with Crippen LogP contribution >= 0.6 is 11.8 Å². The molecule has 0 amide bonds. The lowest BCUT2D eigenvalue weighted by atomic mass is 9.40. The van der Waals surface area contributed by atoms with E-state index < -0.39 is 0 Å². The van der Waals surface area contributed by atoms with E-state index >= 15 is 0 Å². The number of carbonyl (C=O) groups is 2. The number of hydrogen-bond donors (Lipinski definition) is 0. The summed E-state index contributed by atoms with van der Waals surface area (Å²) >= 11 is 2.20. The summed E-state index contributed by atoms with van der Waals surface area (Å²) in [5.41, 5.74) is 0.918. The molecule has 3 heteroatoms. The Hall–Kier alpha value is -0.310. The summed E-state index contributed by atoms with van der Waals surface area (Å²) in [6, 6.07) is 0. The molecule has 0 radical (unpaired) electrons. The maximum Gasteiger partial charge on any atom is 0.133 e. The van der Waals surface area contributed by atoms with Crippen molar-refractivity contribution in [1.29, 1.82) is 0 Å². The van der Waals surface area contributed by atoms with Crippen molar-refractivity contribution in [2.24, 2.45) is 39.9 Å². The zero-order chi connectivity index (χ0) is 17.6. The van der Waals surface area contributed by atoms with Crippen LogP contribution < -0.4 is 0 Å². The van der Waals surface area contributed by atoms with Gasteiger partial charge in [-0.1, -0.05) is 13.8 Å². The van der Waals surface area contributed by atoms with Crippen molar-refractivity contribution >= 4 is 23.3 Å². The molecule has 5 fully saturated rings. The first kappa shape index (κ1) is 16.8. The molecule has 1 aliphatic heterocycles. The molecule has 2 nitrogen and oxygen atoms in total. The zero-order valence-corrected chi connectivity index (χ0v) is 16.8. The van der Waals surface area contributed by atoms with Crippen LogP contribution in [0.15, 0.2) is 0 Å². The molecular formula is C22H32O2S. The predicted octanol–water partition coefficient (Wildman–Crippen LogP) is 4.90. The molecule has 4 aliphatic carbocycles. The molecule has 7 unspecified atom stereocenters. The Morgan fingerprint density at radius 3 is 2.68 bits per heavy atom. The van der Waals surface area contributed by atoms with Crippen LogP contribution in [0.3, 0.4) is 0 Å². The lowest BCUT2D eigenvalue weighted by Gasteiger charge is -2.63. The van der Waals surface area contributed by atoms with Crippen molar-refractivity contribution in [2.45, 2.75) is 77.4 Å². The molecule has 5 aliphatic rings. The quantitative estimate of drug-likeness (QED) is 0.667. The summed E-state index contributed by atoms with van der Waals surface area (Å²) in [7, 11) is 0. The lowest BCUT2D eigenvalue weighted by molar-refractivity contribution is -0.156. The van der Waals surface area contributed by atoms with Crippen LogP contribution in [0.2, 0.25) is 0 Å². The first-order valence-corrected chi connectivity index (χ1v) is 11.5. The third-order valence-corrected chi connectivity index (χ3v) is 11.7.